The normalized spacial score (nSPS) is 10.8. The van der Waals surface area contributed by atoms with E-state index in [1.54, 1.807) is 28.4 Å². The van der Waals surface area contributed by atoms with E-state index in [4.69, 9.17) is 14.2 Å². The summed E-state index contributed by atoms with van der Waals surface area (Å²) >= 11 is 0. The first-order valence-corrected chi connectivity index (χ1v) is 8.69. The topological polar surface area (TPSA) is 64.1 Å². The van der Waals surface area contributed by atoms with Gasteiger partial charge in [0.15, 0.2) is 17.5 Å². The van der Waals surface area contributed by atoms with Crippen LogP contribution in [-0.4, -0.2) is 40.9 Å². The average Bonchev–Trinajstić information content (AvgIpc) is 2.71. The van der Waals surface area contributed by atoms with E-state index in [2.05, 4.69) is 15.6 Å². The maximum atomic E-state index is 13.7. The first kappa shape index (κ1) is 24.7. The van der Waals surface area contributed by atoms with Gasteiger partial charge in [0.05, 0.1) is 21.3 Å². The lowest BCUT2D eigenvalue weighted by molar-refractivity contribution is 0.323. The zero-order valence-electron chi connectivity index (χ0n) is 16.8. The second-order valence-corrected chi connectivity index (χ2v) is 5.87. The molecule has 160 valence electrons. The predicted octanol–water partition coefficient (Wildman–Crippen LogP) is 3.52. The molecule has 0 aliphatic carbocycles. The molecule has 0 atom stereocenters. The Balaban J connectivity index is 0.00000420. The molecule has 2 rings (SSSR count). The highest BCUT2D eigenvalue weighted by atomic mass is 127. The highest BCUT2D eigenvalue weighted by Crippen LogP contribution is 2.38. The van der Waals surface area contributed by atoms with Gasteiger partial charge in [0.1, 0.15) is 11.6 Å². The lowest BCUT2D eigenvalue weighted by atomic mass is 10.1. The minimum absolute atomic E-state index is 0. The molecule has 2 N–H and O–H groups in total. The van der Waals surface area contributed by atoms with Crippen molar-refractivity contribution in [2.45, 2.75) is 13.0 Å². The first-order chi connectivity index (χ1) is 13.5. The molecule has 0 aromatic heterocycles. The fraction of sp³-hybridized carbons (Fsp3) is 0.350. The van der Waals surface area contributed by atoms with Crippen molar-refractivity contribution >= 4 is 29.9 Å². The average molecular weight is 521 g/mol. The minimum Gasteiger partial charge on any atom is -0.493 e. The number of hydrogen-bond donors (Lipinski definition) is 2. The van der Waals surface area contributed by atoms with Crippen LogP contribution in [0.1, 0.15) is 11.1 Å². The molecule has 0 saturated heterocycles. The van der Waals surface area contributed by atoms with Crippen LogP contribution in [0.5, 0.6) is 17.2 Å². The summed E-state index contributed by atoms with van der Waals surface area (Å²) in [5, 5.41) is 6.23. The maximum Gasteiger partial charge on any atom is 0.203 e. The third-order valence-corrected chi connectivity index (χ3v) is 4.10. The van der Waals surface area contributed by atoms with Crippen LogP contribution in [0.4, 0.5) is 8.78 Å². The van der Waals surface area contributed by atoms with E-state index in [0.717, 1.165) is 17.7 Å². The molecule has 0 amide bonds. The lowest BCUT2D eigenvalue weighted by Crippen LogP contribution is -2.37. The van der Waals surface area contributed by atoms with Crippen molar-refractivity contribution in [3.05, 3.63) is 53.1 Å². The molecule has 0 aliphatic heterocycles. The monoisotopic (exact) mass is 521 g/mol. The Morgan fingerprint density at radius 2 is 1.62 bits per heavy atom. The van der Waals surface area contributed by atoms with Gasteiger partial charge in [-0.1, -0.05) is 0 Å². The second-order valence-electron chi connectivity index (χ2n) is 5.87. The van der Waals surface area contributed by atoms with E-state index < -0.39 is 11.6 Å². The second kappa shape index (κ2) is 12.3. The number of hydrogen-bond acceptors (Lipinski definition) is 4. The van der Waals surface area contributed by atoms with Crippen LogP contribution in [0.2, 0.25) is 0 Å². The molecule has 0 spiro atoms. The van der Waals surface area contributed by atoms with Gasteiger partial charge in [-0.2, -0.15) is 0 Å². The Morgan fingerprint density at radius 1 is 0.966 bits per heavy atom. The molecular formula is C20H26F2IN3O3. The molecule has 29 heavy (non-hydrogen) atoms. The van der Waals surface area contributed by atoms with Crippen molar-refractivity contribution < 1.29 is 23.0 Å². The zero-order valence-corrected chi connectivity index (χ0v) is 19.2. The molecular weight excluding hydrogens is 495 g/mol. The number of ether oxygens (including phenoxy) is 3. The standard InChI is InChI=1S/C20H25F2N3O3.HI/c1-23-20(24-8-7-14-11-15(21)5-6-16(14)22)25-12-13-9-17(26-2)19(28-4)18(10-13)27-3;/h5-6,9-11H,7-8,12H2,1-4H3,(H2,23,24,25);1H. The number of benzene rings is 2. The number of nitrogens with zero attached hydrogens (tertiary/aromatic N) is 1. The van der Waals surface area contributed by atoms with E-state index >= 15 is 0 Å². The van der Waals surface area contributed by atoms with Gasteiger partial charge in [0, 0.05) is 20.1 Å². The van der Waals surface area contributed by atoms with Crippen molar-refractivity contribution in [1.29, 1.82) is 0 Å². The summed E-state index contributed by atoms with van der Waals surface area (Å²) in [6.45, 7) is 0.847. The van der Waals surface area contributed by atoms with E-state index in [1.165, 1.54) is 6.07 Å². The van der Waals surface area contributed by atoms with Crippen molar-refractivity contribution in [3.8, 4) is 17.2 Å². The van der Waals surface area contributed by atoms with Gasteiger partial charge in [0.25, 0.3) is 0 Å². The zero-order chi connectivity index (χ0) is 20.5. The summed E-state index contributed by atoms with van der Waals surface area (Å²) in [5.74, 6) is 1.29. The van der Waals surface area contributed by atoms with Crippen molar-refractivity contribution in [2.24, 2.45) is 4.99 Å². The molecule has 0 heterocycles. The van der Waals surface area contributed by atoms with Crippen LogP contribution in [0, 0.1) is 11.6 Å². The van der Waals surface area contributed by atoms with Crippen molar-refractivity contribution in [2.75, 3.05) is 34.9 Å². The van der Waals surface area contributed by atoms with Crippen molar-refractivity contribution in [1.82, 2.24) is 10.6 Å². The molecule has 0 bridgehead atoms. The minimum atomic E-state index is -0.457. The van der Waals surface area contributed by atoms with Gasteiger partial charge < -0.3 is 24.8 Å². The van der Waals surface area contributed by atoms with Gasteiger partial charge in [-0.3, -0.25) is 4.99 Å². The smallest absolute Gasteiger partial charge is 0.203 e. The fourth-order valence-corrected chi connectivity index (χ4v) is 2.69. The highest BCUT2D eigenvalue weighted by molar-refractivity contribution is 14.0. The summed E-state index contributed by atoms with van der Waals surface area (Å²) < 4.78 is 42.9. The predicted molar refractivity (Wildman–Crippen MR) is 120 cm³/mol. The number of aliphatic imine (C=N–C) groups is 1. The largest absolute Gasteiger partial charge is 0.493 e. The molecule has 0 aliphatic rings. The summed E-state index contributed by atoms with van der Waals surface area (Å²) in [5.41, 5.74) is 1.21. The molecule has 6 nitrogen and oxygen atoms in total. The third kappa shape index (κ3) is 6.91. The highest BCUT2D eigenvalue weighted by Gasteiger charge is 2.13. The summed E-state index contributed by atoms with van der Waals surface area (Å²) in [6, 6.07) is 7.10. The van der Waals surface area contributed by atoms with Crippen LogP contribution in [0.3, 0.4) is 0 Å². The van der Waals surface area contributed by atoms with Crippen molar-refractivity contribution in [3.63, 3.8) is 0 Å². The number of guanidine groups is 1. The summed E-state index contributed by atoms with van der Waals surface area (Å²) in [6.07, 6.45) is 0.328. The molecule has 0 fully saturated rings. The number of nitrogens with one attached hydrogen (secondary N) is 2. The van der Waals surface area contributed by atoms with Gasteiger partial charge >= 0.3 is 0 Å². The Morgan fingerprint density at radius 3 is 2.17 bits per heavy atom. The molecule has 2 aromatic rings. The van der Waals surface area contributed by atoms with E-state index in [9.17, 15) is 8.78 Å². The van der Waals surface area contributed by atoms with Gasteiger partial charge in [0.2, 0.25) is 5.75 Å². The Bertz CT molecular complexity index is 810. The molecule has 0 unspecified atom stereocenters. The maximum absolute atomic E-state index is 13.7. The molecule has 0 radical (unpaired) electrons. The molecule has 2 aromatic carbocycles. The first-order valence-electron chi connectivity index (χ1n) is 8.69. The van der Waals surface area contributed by atoms with E-state index in [-0.39, 0.29) is 24.0 Å². The van der Waals surface area contributed by atoms with Gasteiger partial charge in [-0.15, -0.1) is 24.0 Å². The fourth-order valence-electron chi connectivity index (χ4n) is 2.69. The Labute approximate surface area is 186 Å². The van der Waals surface area contributed by atoms with Crippen LogP contribution in [0.25, 0.3) is 0 Å². The Kier molecular flexibility index (Phi) is 10.5. The molecule has 0 saturated carbocycles. The SMILES string of the molecule is CN=C(NCCc1cc(F)ccc1F)NCc1cc(OC)c(OC)c(OC)c1.I. The number of halogens is 3. The summed E-state index contributed by atoms with van der Waals surface area (Å²) in [7, 11) is 6.29. The summed E-state index contributed by atoms with van der Waals surface area (Å²) in [4.78, 5) is 4.13. The number of rotatable bonds is 8. The molecule has 9 heteroatoms. The van der Waals surface area contributed by atoms with Crippen LogP contribution < -0.4 is 24.8 Å². The van der Waals surface area contributed by atoms with E-state index in [0.29, 0.717) is 48.3 Å². The lowest BCUT2D eigenvalue weighted by Gasteiger charge is -2.16. The van der Waals surface area contributed by atoms with Crippen LogP contribution >= 0.6 is 24.0 Å². The van der Waals surface area contributed by atoms with Gasteiger partial charge in [-0.05, 0) is 47.9 Å². The van der Waals surface area contributed by atoms with Crippen LogP contribution in [0.15, 0.2) is 35.3 Å². The Hall–Kier alpha value is -2.30. The quantitative estimate of drug-likeness (QED) is 0.317. The van der Waals surface area contributed by atoms with Gasteiger partial charge in [-0.25, -0.2) is 8.78 Å². The number of methoxy groups -OCH3 is 3. The van der Waals surface area contributed by atoms with Crippen LogP contribution in [-0.2, 0) is 13.0 Å². The van der Waals surface area contributed by atoms with E-state index in [1.807, 2.05) is 12.1 Å². The third-order valence-electron chi connectivity index (χ3n) is 4.10.